The molecule has 440 valence electrons. The fraction of sp³-hybridized carbons (Fsp3) is 0.526. The van der Waals surface area contributed by atoms with Crippen LogP contribution in [-0.2, 0) is 59.8 Å². The zero-order valence-corrected chi connectivity index (χ0v) is 43.6. The van der Waals surface area contributed by atoms with E-state index in [-0.39, 0.29) is 46.2 Å². The first-order valence-corrected chi connectivity index (χ1v) is 28.1. The van der Waals surface area contributed by atoms with Gasteiger partial charge in [-0.05, 0) is 12.1 Å². The second-order valence-corrected chi connectivity index (χ2v) is 22.5. The van der Waals surface area contributed by atoms with Gasteiger partial charge in [-0.15, -0.1) is 0 Å². The summed E-state index contributed by atoms with van der Waals surface area (Å²) < 4.78 is 99.6. The van der Waals surface area contributed by atoms with Crippen LogP contribution in [0.5, 0.6) is 0 Å². The number of aliphatic hydroxyl groups excluding tert-OH is 5. The minimum atomic E-state index is -5.70. The number of hydrogen-bond donors (Lipinski definition) is 13. The molecule has 4 fully saturated rings. The molecule has 17 N–H and O–H groups in total. The Morgan fingerprint density at radius 2 is 1.06 bits per heavy atom. The zero-order valence-electron chi connectivity index (χ0n) is 40.9. The quantitative estimate of drug-likeness (QED) is 0.0318. The highest BCUT2D eigenvalue weighted by Gasteiger charge is 2.54. The van der Waals surface area contributed by atoms with Crippen LogP contribution >= 0.6 is 23.5 Å². The van der Waals surface area contributed by atoms with Crippen molar-refractivity contribution in [1.82, 2.24) is 58.1 Å². The van der Waals surface area contributed by atoms with Gasteiger partial charge in [0.1, 0.15) is 84.5 Å². The fourth-order valence-electron chi connectivity index (χ4n) is 9.23. The summed E-state index contributed by atoms with van der Waals surface area (Å²) in [6.07, 6.45) is -21.2. The van der Waals surface area contributed by atoms with Gasteiger partial charge in [0, 0.05) is 18.8 Å². The number of nitrogens with two attached hydrogens (primary N) is 4. The van der Waals surface area contributed by atoms with Crippen LogP contribution in [0.4, 0.5) is 23.4 Å². The predicted octanol–water partition coefficient (Wildman–Crippen LogP) is -5.28. The molecule has 10 rings (SSSR count). The van der Waals surface area contributed by atoms with E-state index in [2.05, 4.69) is 39.9 Å². The van der Waals surface area contributed by atoms with Crippen molar-refractivity contribution in [2.75, 3.05) is 49.4 Å². The van der Waals surface area contributed by atoms with Crippen molar-refractivity contribution in [2.45, 2.75) is 98.5 Å². The van der Waals surface area contributed by atoms with Crippen molar-refractivity contribution in [3.8, 4) is 0 Å². The number of aliphatic hydroxyl groups is 5. The molecule has 4 aliphatic rings. The molecule has 0 aliphatic carbocycles. The van der Waals surface area contributed by atoms with E-state index in [9.17, 15) is 68.3 Å². The van der Waals surface area contributed by atoms with Crippen molar-refractivity contribution in [3.63, 3.8) is 0 Å². The summed E-state index contributed by atoms with van der Waals surface area (Å²) in [5, 5.41) is 55.2. The molecule has 0 amide bonds. The number of imidazole rings is 2. The number of phosphoric ester groups is 3. The van der Waals surface area contributed by atoms with Crippen LogP contribution < -0.4 is 39.9 Å². The number of rotatable bonds is 20. The number of hydrogen-bond acceptors (Lipinski definition) is 32. The largest absolute Gasteiger partial charge is 0.472 e. The van der Waals surface area contributed by atoms with Crippen LogP contribution in [0, 0.1) is 0 Å². The van der Waals surface area contributed by atoms with E-state index < -0.39 is 165 Å². The molecule has 4 saturated heterocycles. The number of anilines is 4. The minimum Gasteiger partial charge on any atom is -0.394 e. The molecule has 4 aliphatic heterocycles. The van der Waals surface area contributed by atoms with E-state index >= 15 is 0 Å². The lowest BCUT2D eigenvalue weighted by molar-refractivity contribution is -0.0640. The molecule has 0 radical (unpaired) electrons. The fourth-order valence-corrected chi connectivity index (χ4v) is 12.1. The SMILES string of the molecule is Nc1ccn([C@@H]2O[C@H](CO)[C@@H](OP(=O)(O)OC[C@H]3O[C@@H](n4ccc(N)nc4=O)[C@H](O)[C@@H]3OP(=O)(O)OC[C@H]3O[C@@H](n4cnc5c(=O)[nH]c(N)nc54)[C@H](O)[C@@H]3OP(=O)(O)OC[C@@H]3C[C@@H](O)[C@H](n4cnc5c(N)ncnc54)O3)[C@H]2O)c(=O)n1. The summed E-state index contributed by atoms with van der Waals surface area (Å²) in [5.41, 5.74) is 19.6. The van der Waals surface area contributed by atoms with Gasteiger partial charge in [0.05, 0.1) is 45.2 Å². The van der Waals surface area contributed by atoms with E-state index in [1.807, 2.05) is 0 Å². The minimum absolute atomic E-state index is 0.0459. The highest BCUT2D eigenvalue weighted by molar-refractivity contribution is 7.48. The maximum Gasteiger partial charge on any atom is 0.472 e. The lowest BCUT2D eigenvalue weighted by atomic mass is 10.1. The third-order valence-electron chi connectivity index (χ3n) is 12.9. The first kappa shape index (κ1) is 58.0. The second kappa shape index (κ2) is 22.5. The smallest absolute Gasteiger partial charge is 0.394 e. The van der Waals surface area contributed by atoms with Gasteiger partial charge in [-0.1, -0.05) is 0 Å². The van der Waals surface area contributed by atoms with Crippen molar-refractivity contribution in [3.05, 3.63) is 74.8 Å². The number of nitrogen functional groups attached to an aromatic ring is 4. The second-order valence-electron chi connectivity index (χ2n) is 18.2. The maximum absolute atomic E-state index is 14.0. The Kier molecular flexibility index (Phi) is 16.1. The highest BCUT2D eigenvalue weighted by Crippen LogP contribution is 2.54. The molecule has 6 aromatic rings. The summed E-state index contributed by atoms with van der Waals surface area (Å²) in [5.74, 6) is -0.824. The molecule has 81 heavy (non-hydrogen) atoms. The predicted molar refractivity (Wildman–Crippen MR) is 261 cm³/mol. The molecule has 0 spiro atoms. The number of fused-ring (bicyclic) bond motifs is 2. The summed E-state index contributed by atoms with van der Waals surface area (Å²) in [7, 11) is -16.6. The molecular weight excluding hydrogens is 1160 g/mol. The van der Waals surface area contributed by atoms with Crippen LogP contribution in [0.1, 0.15) is 31.3 Å². The van der Waals surface area contributed by atoms with Crippen molar-refractivity contribution < 1.29 is 100.0 Å². The summed E-state index contributed by atoms with van der Waals surface area (Å²) in [6, 6.07) is 2.28. The first-order chi connectivity index (χ1) is 38.3. The van der Waals surface area contributed by atoms with Crippen LogP contribution in [0.3, 0.4) is 0 Å². The van der Waals surface area contributed by atoms with E-state index in [0.717, 1.165) is 40.2 Å². The maximum atomic E-state index is 14.0. The Hall–Kier alpha value is -6.17. The van der Waals surface area contributed by atoms with Crippen LogP contribution in [0.15, 0.2) is 57.9 Å². The molecule has 0 aromatic carbocycles. The zero-order chi connectivity index (χ0) is 58.0. The topological polar surface area (TPSA) is 586 Å². The number of aromatic amines is 1. The molecule has 43 heteroatoms. The Balaban J connectivity index is 0.855. The number of ether oxygens (including phenoxy) is 4. The van der Waals surface area contributed by atoms with Gasteiger partial charge in [0.2, 0.25) is 5.95 Å². The van der Waals surface area contributed by atoms with E-state index in [1.54, 1.807) is 0 Å². The van der Waals surface area contributed by atoms with Gasteiger partial charge in [-0.25, -0.2) is 43.2 Å². The van der Waals surface area contributed by atoms with Gasteiger partial charge in [0.25, 0.3) is 5.56 Å². The van der Waals surface area contributed by atoms with Crippen molar-refractivity contribution in [1.29, 1.82) is 0 Å². The lowest BCUT2D eigenvalue weighted by Crippen LogP contribution is -2.39. The highest BCUT2D eigenvalue weighted by atomic mass is 31.2. The Morgan fingerprint density at radius 3 is 1.58 bits per heavy atom. The van der Waals surface area contributed by atoms with Gasteiger partial charge in [-0.2, -0.15) is 15.0 Å². The monoisotopic (exact) mass is 1210 g/mol. The molecular formula is C38H49N16O24P3. The Labute approximate surface area is 449 Å². The first-order valence-electron chi connectivity index (χ1n) is 23.6. The Morgan fingerprint density at radius 1 is 0.593 bits per heavy atom. The third-order valence-corrected chi connectivity index (χ3v) is 15.9. The standard InChI is InChI=1S/C38H49N16O24P3/c39-18-1-3-51(37(61)47-18)33-22(57)25(15(6-55)73-33)76-80(65,66)70-8-16-26(23(58)34(74-16)52-4-2-19(40)48-38(52)62)78-81(67,68)71-9-17-27(24(59)35(75-17)54-12-46-21-30(54)49-36(42)50-31(21)60)77-79(63,64)69-7-13-5-14(56)32(72-13)53-11-45-20-28(41)43-10-44-29(20)53/h1-4,10-17,22-27,32-35,55-59H,5-9H2,(H,63,64)(H,65,66)(H,67,68)(H2,39,47,61)(H2,40,48,62)(H2,41,43,44)(H3,42,49,50,60)/t13-,14+,15+,16+,17+,22+,23+,24+,25+,26+,27+,32+,33+,34+,35+/m0/s1. The average Bonchev–Trinajstić information content (AvgIpc) is 4.35. The normalized spacial score (nSPS) is 31.9. The van der Waals surface area contributed by atoms with Gasteiger partial charge >= 0.3 is 34.8 Å². The van der Waals surface area contributed by atoms with Crippen molar-refractivity contribution in [2.24, 2.45) is 0 Å². The number of nitrogens with zero attached hydrogens (tertiary/aromatic N) is 11. The molecule has 0 bridgehead atoms. The lowest BCUT2D eigenvalue weighted by Gasteiger charge is -2.26. The number of nitrogens with one attached hydrogen (secondary N) is 1. The summed E-state index contributed by atoms with van der Waals surface area (Å²) in [6.45, 7) is -4.09. The average molecular weight is 1210 g/mol. The number of H-pyrrole nitrogens is 1. The Bertz CT molecular complexity index is 3650. The van der Waals surface area contributed by atoms with Crippen molar-refractivity contribution >= 4 is 69.2 Å². The number of phosphoric acid groups is 3. The van der Waals surface area contributed by atoms with E-state index in [0.29, 0.717) is 4.57 Å². The van der Waals surface area contributed by atoms with Crippen LogP contribution in [0.2, 0.25) is 0 Å². The number of aromatic nitrogens is 12. The van der Waals surface area contributed by atoms with E-state index in [1.165, 1.54) is 17.0 Å². The molecule has 3 unspecified atom stereocenters. The van der Waals surface area contributed by atoms with Crippen LogP contribution in [-0.4, -0.2) is 192 Å². The molecule has 40 nitrogen and oxygen atoms in total. The molecule has 10 heterocycles. The molecule has 18 atom stereocenters. The summed E-state index contributed by atoms with van der Waals surface area (Å²) in [4.78, 5) is 101. The summed E-state index contributed by atoms with van der Waals surface area (Å²) >= 11 is 0. The van der Waals surface area contributed by atoms with Gasteiger partial charge in [0.15, 0.2) is 47.5 Å². The van der Waals surface area contributed by atoms with Gasteiger partial charge in [-0.3, -0.25) is 55.2 Å². The molecule has 0 saturated carbocycles. The van der Waals surface area contributed by atoms with Gasteiger partial charge < -0.3 is 82.1 Å². The molecule has 6 aromatic heterocycles. The van der Waals surface area contributed by atoms with Crippen LogP contribution in [0.25, 0.3) is 22.3 Å². The third kappa shape index (κ3) is 11.9. The van der Waals surface area contributed by atoms with E-state index in [4.69, 9.17) is 69.0 Å².